The van der Waals surface area contributed by atoms with Gasteiger partial charge in [-0.25, -0.2) is 0 Å². The summed E-state index contributed by atoms with van der Waals surface area (Å²) in [5.41, 5.74) is 6.64. The van der Waals surface area contributed by atoms with Crippen LogP contribution >= 0.6 is 15.9 Å². The largest absolute Gasteiger partial charge is 0.484 e. The molecular weight excluding hydrogens is 308 g/mol. The molecular formula is C14H21BrN2O2. The topological polar surface area (TPSA) is 55.6 Å². The summed E-state index contributed by atoms with van der Waals surface area (Å²) in [4.78, 5) is 13.5. The van der Waals surface area contributed by atoms with Crippen molar-refractivity contribution < 1.29 is 9.53 Å². The van der Waals surface area contributed by atoms with Gasteiger partial charge in [-0.3, -0.25) is 4.79 Å². The fraction of sp³-hybridized carbons (Fsp3) is 0.500. The van der Waals surface area contributed by atoms with Crippen LogP contribution in [0.25, 0.3) is 0 Å². The molecule has 0 bridgehead atoms. The molecule has 0 unspecified atom stereocenters. The van der Waals surface area contributed by atoms with E-state index in [0.29, 0.717) is 12.3 Å². The van der Waals surface area contributed by atoms with Crippen molar-refractivity contribution in [1.29, 1.82) is 0 Å². The summed E-state index contributed by atoms with van der Waals surface area (Å²) in [6.45, 7) is 4.57. The van der Waals surface area contributed by atoms with E-state index in [1.54, 1.807) is 11.9 Å². The number of ether oxygens (including phenoxy) is 1. The van der Waals surface area contributed by atoms with Crippen molar-refractivity contribution in [2.75, 3.05) is 20.2 Å². The van der Waals surface area contributed by atoms with E-state index >= 15 is 0 Å². The van der Waals surface area contributed by atoms with Gasteiger partial charge < -0.3 is 15.4 Å². The smallest absolute Gasteiger partial charge is 0.260 e. The monoisotopic (exact) mass is 328 g/mol. The second kappa shape index (κ2) is 7.50. The Bertz CT molecular complexity index is 435. The molecule has 1 amide bonds. The first kappa shape index (κ1) is 16.0. The van der Waals surface area contributed by atoms with Gasteiger partial charge in [0, 0.05) is 17.6 Å². The Morgan fingerprint density at radius 2 is 2.16 bits per heavy atom. The number of hydrogen-bond donors (Lipinski definition) is 1. The Hall–Kier alpha value is -1.07. The van der Waals surface area contributed by atoms with Crippen LogP contribution in [0.1, 0.15) is 19.4 Å². The minimum atomic E-state index is -0.0294. The minimum absolute atomic E-state index is 0.0294. The molecule has 0 aromatic heterocycles. The van der Waals surface area contributed by atoms with E-state index in [-0.39, 0.29) is 18.6 Å². The zero-order chi connectivity index (χ0) is 14.4. The van der Waals surface area contributed by atoms with Crippen molar-refractivity contribution in [3.05, 3.63) is 28.2 Å². The lowest BCUT2D eigenvalue weighted by atomic mass is 10.1. The standard InChI is InChI=1S/C14H21BrN2O2/c1-10(2)17(3)14(18)9-19-12-4-5-13(15)11(8-12)6-7-16/h4-5,8,10H,6-7,9,16H2,1-3H3. The second-order valence-corrected chi connectivity index (χ2v) is 5.53. The number of carbonyl (C=O) groups excluding carboxylic acids is 1. The molecule has 19 heavy (non-hydrogen) atoms. The number of likely N-dealkylation sites (N-methyl/N-ethyl adjacent to an activating group) is 1. The molecule has 1 aromatic carbocycles. The highest BCUT2D eigenvalue weighted by molar-refractivity contribution is 9.10. The Morgan fingerprint density at radius 1 is 1.47 bits per heavy atom. The molecule has 0 saturated carbocycles. The van der Waals surface area contributed by atoms with Gasteiger partial charge in [-0.1, -0.05) is 15.9 Å². The third-order valence-corrected chi connectivity index (χ3v) is 3.73. The lowest BCUT2D eigenvalue weighted by molar-refractivity contribution is -0.133. The van der Waals surface area contributed by atoms with Crippen molar-refractivity contribution >= 4 is 21.8 Å². The first-order valence-corrected chi connectivity index (χ1v) is 7.12. The number of rotatable bonds is 6. The minimum Gasteiger partial charge on any atom is -0.484 e. The Kier molecular flexibility index (Phi) is 6.31. The molecule has 0 saturated heterocycles. The summed E-state index contributed by atoms with van der Waals surface area (Å²) in [6.07, 6.45) is 0.775. The lowest BCUT2D eigenvalue weighted by Gasteiger charge is -2.21. The van der Waals surface area contributed by atoms with Crippen molar-refractivity contribution in [3.63, 3.8) is 0 Å². The normalized spacial score (nSPS) is 10.6. The molecule has 0 aliphatic rings. The highest BCUT2D eigenvalue weighted by Gasteiger charge is 2.12. The van der Waals surface area contributed by atoms with Crippen LogP contribution in [0.5, 0.6) is 5.75 Å². The van der Waals surface area contributed by atoms with E-state index in [9.17, 15) is 4.79 Å². The summed E-state index contributed by atoms with van der Waals surface area (Å²) in [5.74, 6) is 0.662. The molecule has 106 valence electrons. The molecule has 1 aromatic rings. The van der Waals surface area contributed by atoms with E-state index < -0.39 is 0 Å². The van der Waals surface area contributed by atoms with E-state index in [1.807, 2.05) is 32.0 Å². The van der Waals surface area contributed by atoms with Crippen LogP contribution in [0.2, 0.25) is 0 Å². The first-order valence-electron chi connectivity index (χ1n) is 6.32. The average molecular weight is 329 g/mol. The summed E-state index contributed by atoms with van der Waals surface area (Å²) in [5, 5.41) is 0. The Balaban J connectivity index is 2.63. The van der Waals surface area contributed by atoms with Crippen LogP contribution < -0.4 is 10.5 Å². The van der Waals surface area contributed by atoms with Crippen molar-refractivity contribution in [2.45, 2.75) is 26.3 Å². The van der Waals surface area contributed by atoms with Crippen molar-refractivity contribution in [1.82, 2.24) is 4.90 Å². The number of amides is 1. The predicted octanol–water partition coefficient (Wildman–Crippen LogP) is 2.20. The number of carbonyl (C=O) groups is 1. The predicted molar refractivity (Wildman–Crippen MR) is 80.3 cm³/mol. The average Bonchev–Trinajstić information content (AvgIpc) is 2.38. The van der Waals surface area contributed by atoms with E-state index in [0.717, 1.165) is 16.5 Å². The molecule has 0 heterocycles. The molecule has 0 aliphatic heterocycles. The van der Waals surface area contributed by atoms with E-state index in [4.69, 9.17) is 10.5 Å². The number of nitrogens with two attached hydrogens (primary N) is 1. The maximum atomic E-state index is 11.8. The maximum Gasteiger partial charge on any atom is 0.260 e. The Morgan fingerprint density at radius 3 is 2.74 bits per heavy atom. The third-order valence-electron chi connectivity index (χ3n) is 2.96. The zero-order valence-electron chi connectivity index (χ0n) is 11.6. The molecule has 5 heteroatoms. The van der Waals surface area contributed by atoms with Gasteiger partial charge in [0.15, 0.2) is 6.61 Å². The van der Waals surface area contributed by atoms with Gasteiger partial charge in [0.05, 0.1) is 0 Å². The van der Waals surface area contributed by atoms with Crippen LogP contribution in [0.4, 0.5) is 0 Å². The lowest BCUT2D eigenvalue weighted by Crippen LogP contribution is -2.36. The van der Waals surface area contributed by atoms with Crippen molar-refractivity contribution in [2.24, 2.45) is 5.73 Å². The van der Waals surface area contributed by atoms with Gasteiger partial charge in [0.2, 0.25) is 0 Å². The third kappa shape index (κ3) is 4.84. The number of benzene rings is 1. The quantitative estimate of drug-likeness (QED) is 0.870. The van der Waals surface area contributed by atoms with E-state index in [2.05, 4.69) is 15.9 Å². The van der Waals surface area contributed by atoms with Gasteiger partial charge in [0.25, 0.3) is 5.91 Å². The van der Waals surface area contributed by atoms with Gasteiger partial charge in [0.1, 0.15) is 5.75 Å². The fourth-order valence-corrected chi connectivity index (χ4v) is 1.97. The molecule has 0 radical (unpaired) electrons. The molecule has 0 fully saturated rings. The van der Waals surface area contributed by atoms with Gasteiger partial charge >= 0.3 is 0 Å². The summed E-state index contributed by atoms with van der Waals surface area (Å²) >= 11 is 3.47. The van der Waals surface area contributed by atoms with Gasteiger partial charge in [-0.2, -0.15) is 0 Å². The molecule has 1 rings (SSSR count). The molecule has 0 spiro atoms. The number of nitrogens with zero attached hydrogens (tertiary/aromatic N) is 1. The summed E-state index contributed by atoms with van der Waals surface area (Å²) in [6, 6.07) is 5.84. The number of hydrogen-bond acceptors (Lipinski definition) is 3. The molecule has 4 nitrogen and oxygen atoms in total. The van der Waals surface area contributed by atoms with Crippen LogP contribution in [-0.4, -0.2) is 37.0 Å². The SMILES string of the molecule is CC(C)N(C)C(=O)COc1ccc(Br)c(CCN)c1. The zero-order valence-corrected chi connectivity index (χ0v) is 13.2. The van der Waals surface area contributed by atoms with E-state index in [1.165, 1.54) is 0 Å². The first-order chi connectivity index (χ1) is 8.95. The summed E-state index contributed by atoms with van der Waals surface area (Å²) in [7, 11) is 1.78. The van der Waals surface area contributed by atoms with Crippen LogP contribution in [-0.2, 0) is 11.2 Å². The Labute approximate surface area is 123 Å². The van der Waals surface area contributed by atoms with Gasteiger partial charge in [-0.05, 0) is 50.6 Å². The fourth-order valence-electron chi connectivity index (χ4n) is 1.52. The molecule has 0 aliphatic carbocycles. The molecule has 2 N–H and O–H groups in total. The summed E-state index contributed by atoms with van der Waals surface area (Å²) < 4.78 is 6.54. The second-order valence-electron chi connectivity index (χ2n) is 4.68. The van der Waals surface area contributed by atoms with Crippen molar-refractivity contribution in [3.8, 4) is 5.75 Å². The highest BCUT2D eigenvalue weighted by atomic mass is 79.9. The number of halogens is 1. The van der Waals surface area contributed by atoms with Crippen LogP contribution in [0.15, 0.2) is 22.7 Å². The maximum absolute atomic E-state index is 11.8. The molecule has 0 atom stereocenters. The van der Waals surface area contributed by atoms with Crippen LogP contribution in [0, 0.1) is 0 Å². The van der Waals surface area contributed by atoms with Crippen LogP contribution in [0.3, 0.4) is 0 Å². The van der Waals surface area contributed by atoms with Gasteiger partial charge in [-0.15, -0.1) is 0 Å². The highest BCUT2D eigenvalue weighted by Crippen LogP contribution is 2.23.